The minimum Gasteiger partial charge on any atom is -0.456 e. The minimum atomic E-state index is -0.450. The van der Waals surface area contributed by atoms with E-state index in [-0.39, 0.29) is 11.6 Å². The molecule has 1 fully saturated rings. The van der Waals surface area contributed by atoms with Crippen molar-refractivity contribution in [1.82, 2.24) is 4.90 Å². The number of nitrogens with zero attached hydrogens (tertiary/aromatic N) is 2. The fourth-order valence-corrected chi connectivity index (χ4v) is 3.82. The van der Waals surface area contributed by atoms with Gasteiger partial charge in [-0.3, -0.25) is 19.8 Å². The lowest BCUT2D eigenvalue weighted by molar-refractivity contribution is -0.384. The molecule has 6 nitrogen and oxygen atoms in total. The van der Waals surface area contributed by atoms with Crippen LogP contribution >= 0.6 is 24.0 Å². The zero-order valence-electron chi connectivity index (χ0n) is 14.2. The number of hydrogen-bond donors (Lipinski definition) is 0. The number of carbonyl (C=O) groups is 1. The van der Waals surface area contributed by atoms with Crippen LogP contribution in [-0.4, -0.2) is 26.6 Å². The van der Waals surface area contributed by atoms with Crippen LogP contribution in [0.1, 0.15) is 19.6 Å². The number of amides is 1. The molecule has 1 saturated heterocycles. The first-order valence-electron chi connectivity index (χ1n) is 7.96. The first-order valence-corrected chi connectivity index (χ1v) is 9.18. The van der Waals surface area contributed by atoms with E-state index in [0.29, 0.717) is 38.8 Å². The molecule has 3 rings (SSSR count). The molecule has 134 valence electrons. The van der Waals surface area contributed by atoms with E-state index >= 15 is 0 Å². The van der Waals surface area contributed by atoms with Crippen molar-refractivity contribution >= 4 is 46.0 Å². The Kier molecular flexibility index (Phi) is 5.24. The molecular weight excluding hydrogens is 372 g/mol. The molecule has 2 heterocycles. The molecule has 2 aromatic rings. The third-order valence-electron chi connectivity index (χ3n) is 3.69. The molecule has 1 aliphatic rings. The van der Waals surface area contributed by atoms with Crippen LogP contribution in [0.25, 0.3) is 17.4 Å². The van der Waals surface area contributed by atoms with Crippen molar-refractivity contribution in [3.63, 3.8) is 0 Å². The third-order valence-corrected chi connectivity index (χ3v) is 5.07. The summed E-state index contributed by atoms with van der Waals surface area (Å²) in [5.74, 6) is 0.993. The number of furan rings is 1. The number of carbonyl (C=O) groups excluding carboxylic acids is 1. The average molecular weight is 388 g/mol. The summed E-state index contributed by atoms with van der Waals surface area (Å²) in [5, 5.41) is 11.2. The van der Waals surface area contributed by atoms with Crippen LogP contribution in [0.15, 0.2) is 45.7 Å². The Morgan fingerprint density at radius 3 is 2.73 bits per heavy atom. The molecule has 0 saturated carbocycles. The van der Waals surface area contributed by atoms with Gasteiger partial charge in [0.25, 0.3) is 11.6 Å². The van der Waals surface area contributed by atoms with E-state index in [1.165, 1.54) is 17.8 Å². The fourth-order valence-electron chi connectivity index (χ4n) is 2.57. The average Bonchev–Trinajstić information content (AvgIpc) is 3.15. The second kappa shape index (κ2) is 7.43. The molecule has 26 heavy (non-hydrogen) atoms. The van der Waals surface area contributed by atoms with E-state index in [9.17, 15) is 14.9 Å². The second-order valence-corrected chi connectivity index (χ2v) is 7.84. The van der Waals surface area contributed by atoms with Crippen LogP contribution in [0, 0.1) is 16.0 Å². The lowest BCUT2D eigenvalue weighted by Crippen LogP contribution is -2.31. The quantitative estimate of drug-likeness (QED) is 0.319. The molecule has 1 aromatic carbocycles. The predicted octanol–water partition coefficient (Wildman–Crippen LogP) is 4.71. The highest BCUT2D eigenvalue weighted by atomic mass is 32.2. The maximum atomic E-state index is 12.5. The van der Waals surface area contributed by atoms with Crippen molar-refractivity contribution in [3.8, 4) is 11.3 Å². The van der Waals surface area contributed by atoms with Gasteiger partial charge in [-0.1, -0.05) is 50.0 Å². The number of nitro groups is 1. The molecule has 0 N–H and O–H groups in total. The second-order valence-electron chi connectivity index (χ2n) is 6.16. The molecule has 1 aliphatic heterocycles. The smallest absolute Gasteiger partial charge is 0.280 e. The van der Waals surface area contributed by atoms with Gasteiger partial charge in [0.2, 0.25) is 0 Å². The SMILES string of the molecule is CC(C)CN1C(=O)/C(=C/c2ccc(-c3ccccc3[N+](=O)[O-])o2)SC1=S. The topological polar surface area (TPSA) is 76.6 Å². The summed E-state index contributed by atoms with van der Waals surface area (Å²) < 4.78 is 6.24. The van der Waals surface area contributed by atoms with Crippen molar-refractivity contribution in [1.29, 1.82) is 0 Å². The first kappa shape index (κ1) is 18.3. The van der Waals surface area contributed by atoms with E-state index in [0.717, 1.165) is 0 Å². The molecule has 0 atom stereocenters. The van der Waals surface area contributed by atoms with Crippen LogP contribution in [0.4, 0.5) is 5.69 Å². The Balaban J connectivity index is 1.88. The highest BCUT2D eigenvalue weighted by Gasteiger charge is 2.32. The molecule has 1 aromatic heterocycles. The summed E-state index contributed by atoms with van der Waals surface area (Å²) in [6, 6.07) is 9.70. The molecule has 0 aliphatic carbocycles. The highest BCUT2D eigenvalue weighted by Crippen LogP contribution is 2.35. The van der Waals surface area contributed by atoms with E-state index < -0.39 is 4.92 Å². The fraction of sp³-hybridized carbons (Fsp3) is 0.222. The van der Waals surface area contributed by atoms with Crippen LogP contribution in [0.5, 0.6) is 0 Å². The molecule has 1 amide bonds. The first-order chi connectivity index (χ1) is 12.4. The van der Waals surface area contributed by atoms with Gasteiger partial charge in [0, 0.05) is 18.7 Å². The maximum Gasteiger partial charge on any atom is 0.280 e. The molecule has 0 unspecified atom stereocenters. The molecule has 0 bridgehead atoms. The largest absolute Gasteiger partial charge is 0.456 e. The highest BCUT2D eigenvalue weighted by molar-refractivity contribution is 8.26. The Bertz CT molecular complexity index is 917. The lowest BCUT2D eigenvalue weighted by Gasteiger charge is -2.16. The van der Waals surface area contributed by atoms with E-state index in [1.807, 2.05) is 13.8 Å². The summed E-state index contributed by atoms with van der Waals surface area (Å²) >= 11 is 6.51. The molecule has 0 radical (unpaired) electrons. The van der Waals surface area contributed by atoms with Gasteiger partial charge in [0.15, 0.2) is 0 Å². The Morgan fingerprint density at radius 2 is 2.04 bits per heavy atom. The number of thioether (sulfide) groups is 1. The summed E-state index contributed by atoms with van der Waals surface area (Å²) in [7, 11) is 0. The number of para-hydroxylation sites is 1. The number of benzene rings is 1. The maximum absolute atomic E-state index is 12.5. The van der Waals surface area contributed by atoms with Gasteiger partial charge in [0.1, 0.15) is 15.8 Å². The van der Waals surface area contributed by atoms with Crippen LogP contribution < -0.4 is 0 Å². The van der Waals surface area contributed by atoms with Gasteiger partial charge < -0.3 is 4.42 Å². The molecule has 8 heteroatoms. The number of rotatable bonds is 5. The standard InChI is InChI=1S/C18H16N2O4S2/c1-11(2)10-19-17(21)16(26-18(19)25)9-12-7-8-15(24-12)13-5-3-4-6-14(13)20(22)23/h3-9,11H,10H2,1-2H3/b16-9-. The zero-order chi connectivity index (χ0) is 18.8. The van der Waals surface area contributed by atoms with Crippen molar-refractivity contribution in [2.45, 2.75) is 13.8 Å². The third kappa shape index (κ3) is 3.71. The van der Waals surface area contributed by atoms with Crippen LogP contribution in [-0.2, 0) is 4.79 Å². The molecule has 0 spiro atoms. The molecular formula is C18H16N2O4S2. The summed E-state index contributed by atoms with van der Waals surface area (Å²) in [5.41, 5.74) is 0.362. The number of thiocarbonyl (C=S) groups is 1. The Hall–Kier alpha value is -2.45. The zero-order valence-corrected chi connectivity index (χ0v) is 15.8. The van der Waals surface area contributed by atoms with Gasteiger partial charge >= 0.3 is 0 Å². The van der Waals surface area contributed by atoms with Gasteiger partial charge in [-0.2, -0.15) is 0 Å². The minimum absolute atomic E-state index is 0.0309. The Labute approximate surface area is 160 Å². The monoisotopic (exact) mass is 388 g/mol. The van der Waals surface area contributed by atoms with Gasteiger partial charge in [0.05, 0.1) is 15.4 Å². The Morgan fingerprint density at radius 1 is 1.31 bits per heavy atom. The van der Waals surface area contributed by atoms with E-state index in [1.54, 1.807) is 41.3 Å². The lowest BCUT2D eigenvalue weighted by atomic mass is 10.1. The van der Waals surface area contributed by atoms with Gasteiger partial charge in [-0.15, -0.1) is 0 Å². The normalized spacial score (nSPS) is 16.1. The predicted molar refractivity (Wildman–Crippen MR) is 106 cm³/mol. The summed E-state index contributed by atoms with van der Waals surface area (Å²) in [6.07, 6.45) is 1.62. The van der Waals surface area contributed by atoms with Crippen LogP contribution in [0.3, 0.4) is 0 Å². The number of nitro benzene ring substituents is 1. The van der Waals surface area contributed by atoms with Crippen molar-refractivity contribution in [2.75, 3.05) is 6.54 Å². The van der Waals surface area contributed by atoms with Crippen molar-refractivity contribution < 1.29 is 14.1 Å². The van der Waals surface area contributed by atoms with Crippen LogP contribution in [0.2, 0.25) is 0 Å². The van der Waals surface area contributed by atoms with E-state index in [2.05, 4.69) is 0 Å². The van der Waals surface area contributed by atoms with E-state index in [4.69, 9.17) is 16.6 Å². The summed E-state index contributed by atoms with van der Waals surface area (Å²) in [4.78, 5) is 25.3. The van der Waals surface area contributed by atoms with Gasteiger partial charge in [-0.25, -0.2) is 0 Å². The van der Waals surface area contributed by atoms with Crippen molar-refractivity contribution in [2.24, 2.45) is 5.92 Å². The number of hydrogen-bond acceptors (Lipinski definition) is 6. The summed E-state index contributed by atoms with van der Waals surface area (Å²) in [6.45, 7) is 4.61. The van der Waals surface area contributed by atoms with Gasteiger partial charge in [-0.05, 0) is 24.1 Å². The van der Waals surface area contributed by atoms with Crippen molar-refractivity contribution in [3.05, 3.63) is 57.2 Å².